The Kier molecular flexibility index (Phi) is 7.72. The van der Waals surface area contributed by atoms with Gasteiger partial charge in [0.1, 0.15) is 5.75 Å². The van der Waals surface area contributed by atoms with Crippen LogP contribution in [0.3, 0.4) is 0 Å². The molecule has 1 aromatic carbocycles. The summed E-state index contributed by atoms with van der Waals surface area (Å²) in [6, 6.07) is 5.24. The van der Waals surface area contributed by atoms with E-state index in [-0.39, 0.29) is 30.1 Å². The Morgan fingerprint density at radius 1 is 1.26 bits per heavy atom. The first kappa shape index (κ1) is 19.6. The third-order valence-electron chi connectivity index (χ3n) is 4.09. The third-order valence-corrected chi connectivity index (χ3v) is 4.58. The maximum atomic E-state index is 12.3. The minimum absolute atomic E-state index is 0.122. The minimum atomic E-state index is -0.382. The van der Waals surface area contributed by atoms with Crippen LogP contribution in [0.25, 0.3) is 0 Å². The first-order valence-electron chi connectivity index (χ1n) is 7.77. The van der Waals surface area contributed by atoms with Crippen LogP contribution in [0.15, 0.2) is 22.7 Å². The fourth-order valence-electron chi connectivity index (χ4n) is 2.12. The fourth-order valence-corrected chi connectivity index (χ4v) is 2.48. The number of halogens is 1. The number of methoxy groups -OCH3 is 1. The van der Waals surface area contributed by atoms with Crippen LogP contribution >= 0.6 is 15.9 Å². The maximum Gasteiger partial charge on any atom is 0.220 e. The molecule has 6 heteroatoms. The molecule has 0 fully saturated rings. The zero-order valence-corrected chi connectivity index (χ0v) is 15.5. The van der Waals surface area contributed by atoms with Crippen molar-refractivity contribution in [2.75, 3.05) is 13.7 Å². The van der Waals surface area contributed by atoms with Gasteiger partial charge in [-0.2, -0.15) is 0 Å². The van der Waals surface area contributed by atoms with Crippen LogP contribution in [0, 0.1) is 0 Å². The summed E-state index contributed by atoms with van der Waals surface area (Å²) in [4.78, 5) is 24.2. The normalized spacial score (nSPS) is 11.2. The molecule has 0 saturated heterocycles. The summed E-state index contributed by atoms with van der Waals surface area (Å²) >= 11 is 3.34. The van der Waals surface area contributed by atoms with Crippen LogP contribution in [0.1, 0.15) is 49.9 Å². The summed E-state index contributed by atoms with van der Waals surface area (Å²) in [5, 5.41) is 2.82. The number of amides is 1. The number of rotatable bonds is 9. The Balaban J connectivity index is 2.56. The zero-order chi connectivity index (χ0) is 17.5. The van der Waals surface area contributed by atoms with E-state index in [1.165, 1.54) is 7.11 Å². The second-order valence-electron chi connectivity index (χ2n) is 5.61. The summed E-state index contributed by atoms with van der Waals surface area (Å²) in [6.07, 6.45) is 1.85. The second-order valence-corrected chi connectivity index (χ2v) is 6.53. The standard InChI is InChI=1S/C17H25BrN2O3/c1-4-17(19,5-2)11-20-16(22)9-7-14(21)13-10-12(18)6-8-15(13)23-3/h6,8,10H,4-5,7,9,11,19H2,1-3H3,(H,20,22). The average molecular weight is 385 g/mol. The highest BCUT2D eigenvalue weighted by molar-refractivity contribution is 9.10. The largest absolute Gasteiger partial charge is 0.496 e. The summed E-state index contributed by atoms with van der Waals surface area (Å²) in [5.41, 5.74) is 6.24. The number of carbonyl (C=O) groups is 2. The van der Waals surface area contributed by atoms with Crippen LogP contribution in [0.4, 0.5) is 0 Å². The van der Waals surface area contributed by atoms with E-state index in [4.69, 9.17) is 10.5 Å². The quantitative estimate of drug-likeness (QED) is 0.641. The van der Waals surface area contributed by atoms with Crippen molar-refractivity contribution in [3.63, 3.8) is 0 Å². The van der Waals surface area contributed by atoms with E-state index in [9.17, 15) is 9.59 Å². The van der Waals surface area contributed by atoms with Crippen molar-refractivity contribution in [3.8, 4) is 5.75 Å². The average Bonchev–Trinajstić information content (AvgIpc) is 2.57. The number of hydrogen-bond acceptors (Lipinski definition) is 4. The lowest BCUT2D eigenvalue weighted by Gasteiger charge is -2.26. The van der Waals surface area contributed by atoms with Crippen molar-refractivity contribution < 1.29 is 14.3 Å². The number of nitrogens with two attached hydrogens (primary N) is 1. The molecule has 1 amide bonds. The van der Waals surface area contributed by atoms with Gasteiger partial charge >= 0.3 is 0 Å². The lowest BCUT2D eigenvalue weighted by atomic mass is 9.94. The number of ether oxygens (including phenoxy) is 1. The smallest absolute Gasteiger partial charge is 0.220 e. The predicted octanol–water partition coefficient (Wildman–Crippen LogP) is 3.05. The lowest BCUT2D eigenvalue weighted by molar-refractivity contribution is -0.121. The van der Waals surface area contributed by atoms with Gasteiger partial charge in [0.05, 0.1) is 12.7 Å². The van der Waals surface area contributed by atoms with Crippen LogP contribution in [-0.4, -0.2) is 30.9 Å². The van der Waals surface area contributed by atoms with Crippen molar-refractivity contribution >= 4 is 27.6 Å². The highest BCUT2D eigenvalue weighted by Crippen LogP contribution is 2.24. The Morgan fingerprint density at radius 2 is 1.91 bits per heavy atom. The third kappa shape index (κ3) is 5.95. The van der Waals surface area contributed by atoms with E-state index in [1.54, 1.807) is 18.2 Å². The summed E-state index contributed by atoms with van der Waals surface area (Å²) in [6.45, 7) is 4.42. The summed E-state index contributed by atoms with van der Waals surface area (Å²) in [5.74, 6) is 0.226. The highest BCUT2D eigenvalue weighted by atomic mass is 79.9. The van der Waals surface area contributed by atoms with Gasteiger partial charge in [0.25, 0.3) is 0 Å². The van der Waals surface area contributed by atoms with E-state index in [2.05, 4.69) is 21.2 Å². The topological polar surface area (TPSA) is 81.4 Å². The molecule has 1 aromatic rings. The van der Waals surface area contributed by atoms with E-state index in [1.807, 2.05) is 13.8 Å². The van der Waals surface area contributed by atoms with Gasteiger partial charge in [-0.3, -0.25) is 9.59 Å². The van der Waals surface area contributed by atoms with Gasteiger partial charge in [0, 0.05) is 29.4 Å². The molecule has 0 aliphatic carbocycles. The number of hydrogen-bond donors (Lipinski definition) is 2. The molecular formula is C17H25BrN2O3. The van der Waals surface area contributed by atoms with Crippen molar-refractivity contribution in [3.05, 3.63) is 28.2 Å². The van der Waals surface area contributed by atoms with Crippen molar-refractivity contribution in [1.29, 1.82) is 0 Å². The molecule has 128 valence electrons. The zero-order valence-electron chi connectivity index (χ0n) is 13.9. The van der Waals surface area contributed by atoms with Crippen LogP contribution < -0.4 is 15.8 Å². The first-order valence-corrected chi connectivity index (χ1v) is 8.56. The highest BCUT2D eigenvalue weighted by Gasteiger charge is 2.21. The summed E-state index contributed by atoms with van der Waals surface area (Å²) < 4.78 is 5.99. The monoisotopic (exact) mass is 384 g/mol. The predicted molar refractivity (Wildman–Crippen MR) is 94.8 cm³/mol. The molecule has 1 rings (SSSR count). The van der Waals surface area contributed by atoms with Gasteiger partial charge in [-0.1, -0.05) is 29.8 Å². The molecule has 0 unspecified atom stereocenters. The van der Waals surface area contributed by atoms with E-state index >= 15 is 0 Å². The molecule has 0 atom stereocenters. The van der Waals surface area contributed by atoms with Gasteiger partial charge in [0.2, 0.25) is 5.91 Å². The number of benzene rings is 1. The Morgan fingerprint density at radius 3 is 2.48 bits per heavy atom. The van der Waals surface area contributed by atoms with Gasteiger partial charge in [-0.05, 0) is 31.0 Å². The Hall–Kier alpha value is -1.40. The van der Waals surface area contributed by atoms with Gasteiger partial charge in [-0.25, -0.2) is 0 Å². The SMILES string of the molecule is CCC(N)(CC)CNC(=O)CCC(=O)c1cc(Br)ccc1OC. The van der Waals surface area contributed by atoms with Gasteiger partial charge in [0.15, 0.2) is 5.78 Å². The second kappa shape index (κ2) is 9.03. The lowest BCUT2D eigenvalue weighted by Crippen LogP contribution is -2.49. The Bertz CT molecular complexity index is 557. The van der Waals surface area contributed by atoms with Crippen molar-refractivity contribution in [2.24, 2.45) is 5.73 Å². The van der Waals surface area contributed by atoms with Gasteiger partial charge in [-0.15, -0.1) is 0 Å². The van der Waals surface area contributed by atoms with E-state index in [0.29, 0.717) is 17.9 Å². The molecular weight excluding hydrogens is 360 g/mol. The van der Waals surface area contributed by atoms with E-state index < -0.39 is 0 Å². The number of carbonyl (C=O) groups excluding carboxylic acids is 2. The molecule has 3 N–H and O–H groups in total. The van der Waals surface area contributed by atoms with Crippen LogP contribution in [0.2, 0.25) is 0 Å². The van der Waals surface area contributed by atoms with Crippen LogP contribution in [-0.2, 0) is 4.79 Å². The molecule has 5 nitrogen and oxygen atoms in total. The molecule has 0 aliphatic rings. The molecule has 0 heterocycles. The molecule has 0 radical (unpaired) electrons. The molecule has 0 saturated carbocycles. The molecule has 0 aromatic heterocycles. The van der Waals surface area contributed by atoms with Crippen molar-refractivity contribution in [2.45, 2.75) is 45.1 Å². The molecule has 0 spiro atoms. The first-order chi connectivity index (χ1) is 10.8. The van der Waals surface area contributed by atoms with E-state index in [0.717, 1.165) is 17.3 Å². The molecule has 0 bridgehead atoms. The number of Topliss-reactive ketones (excluding diaryl/α,β-unsaturated/α-hetero) is 1. The molecule has 23 heavy (non-hydrogen) atoms. The number of ketones is 1. The van der Waals surface area contributed by atoms with Gasteiger partial charge < -0.3 is 15.8 Å². The van der Waals surface area contributed by atoms with Crippen molar-refractivity contribution in [1.82, 2.24) is 5.32 Å². The molecule has 0 aliphatic heterocycles. The Labute approximate surface area is 146 Å². The minimum Gasteiger partial charge on any atom is -0.496 e. The summed E-state index contributed by atoms with van der Waals surface area (Å²) in [7, 11) is 1.52. The van der Waals surface area contributed by atoms with Crippen LogP contribution in [0.5, 0.6) is 5.75 Å². The fraction of sp³-hybridized carbons (Fsp3) is 0.529. The number of nitrogens with one attached hydrogen (secondary N) is 1. The maximum absolute atomic E-state index is 12.3.